The molecule has 2 rings (SSSR count). The van der Waals surface area contributed by atoms with Crippen molar-refractivity contribution >= 4 is 5.82 Å². The van der Waals surface area contributed by atoms with Crippen LogP contribution in [0.1, 0.15) is 25.1 Å². The Bertz CT molecular complexity index is 564. The maximum atomic E-state index is 5.19. The molecule has 0 unspecified atom stereocenters. The van der Waals surface area contributed by atoms with E-state index >= 15 is 0 Å². The van der Waals surface area contributed by atoms with Gasteiger partial charge < -0.3 is 10.1 Å². The first-order valence-electron chi connectivity index (χ1n) is 6.68. The average molecular weight is 271 g/mol. The maximum absolute atomic E-state index is 5.19. The first-order chi connectivity index (χ1) is 9.51. The van der Waals surface area contributed by atoms with Crippen molar-refractivity contribution in [3.63, 3.8) is 0 Å². The van der Waals surface area contributed by atoms with Gasteiger partial charge >= 0.3 is 0 Å². The minimum absolute atomic E-state index is 0.00509. The molecule has 0 spiro atoms. The highest BCUT2D eigenvalue weighted by atomic mass is 16.5. The predicted octanol–water partition coefficient (Wildman–Crippen LogP) is 3.18. The number of rotatable bonds is 5. The monoisotopic (exact) mass is 271 g/mol. The van der Waals surface area contributed by atoms with Crippen molar-refractivity contribution < 1.29 is 4.74 Å². The van der Waals surface area contributed by atoms with Crippen molar-refractivity contribution in [1.29, 1.82) is 0 Å². The van der Waals surface area contributed by atoms with Crippen molar-refractivity contribution in [2.75, 3.05) is 19.0 Å². The molecule has 0 radical (unpaired) electrons. The quantitative estimate of drug-likeness (QED) is 0.907. The molecule has 4 heteroatoms. The summed E-state index contributed by atoms with van der Waals surface area (Å²) in [6.45, 7) is 7.17. The van der Waals surface area contributed by atoms with Gasteiger partial charge in [0.2, 0.25) is 0 Å². The van der Waals surface area contributed by atoms with Crippen LogP contribution in [0.4, 0.5) is 5.82 Å². The number of aryl methyl sites for hydroxylation is 1. The summed E-state index contributed by atoms with van der Waals surface area (Å²) in [4.78, 5) is 8.32. The average Bonchev–Trinajstić information content (AvgIpc) is 2.45. The summed E-state index contributed by atoms with van der Waals surface area (Å²) in [5.74, 6) is 1.74. The summed E-state index contributed by atoms with van der Waals surface area (Å²) < 4.78 is 5.19. The number of nitrogens with one attached hydrogen (secondary N) is 1. The van der Waals surface area contributed by atoms with Gasteiger partial charge in [-0.2, -0.15) is 0 Å². The van der Waals surface area contributed by atoms with Crippen LogP contribution in [-0.2, 0) is 5.41 Å². The number of hydrogen-bond acceptors (Lipinski definition) is 4. The summed E-state index contributed by atoms with van der Waals surface area (Å²) in [6.07, 6.45) is 1.58. The Labute approximate surface area is 120 Å². The lowest BCUT2D eigenvalue weighted by atomic mass is 9.84. The smallest absolute Gasteiger partial charge is 0.129 e. The lowest BCUT2D eigenvalue weighted by Crippen LogP contribution is -2.27. The molecule has 4 nitrogen and oxygen atoms in total. The van der Waals surface area contributed by atoms with Crippen LogP contribution in [0.5, 0.6) is 5.75 Å². The summed E-state index contributed by atoms with van der Waals surface area (Å²) >= 11 is 0. The normalized spacial score (nSPS) is 11.2. The van der Waals surface area contributed by atoms with Gasteiger partial charge in [0.05, 0.1) is 7.11 Å². The van der Waals surface area contributed by atoms with Gasteiger partial charge in [-0.15, -0.1) is 0 Å². The molecule has 0 bridgehead atoms. The van der Waals surface area contributed by atoms with Crippen molar-refractivity contribution in [2.45, 2.75) is 26.2 Å². The third-order valence-corrected chi connectivity index (χ3v) is 3.39. The Morgan fingerprint density at radius 1 is 1.15 bits per heavy atom. The van der Waals surface area contributed by atoms with Crippen molar-refractivity contribution in [2.24, 2.45) is 0 Å². The molecular weight excluding hydrogens is 250 g/mol. The number of aromatic nitrogens is 2. The van der Waals surface area contributed by atoms with E-state index < -0.39 is 0 Å². The first-order valence-corrected chi connectivity index (χ1v) is 6.68. The van der Waals surface area contributed by atoms with Crippen LogP contribution in [-0.4, -0.2) is 23.6 Å². The third-order valence-electron chi connectivity index (χ3n) is 3.39. The van der Waals surface area contributed by atoms with Crippen LogP contribution in [0.2, 0.25) is 0 Å². The minimum atomic E-state index is 0.00509. The topological polar surface area (TPSA) is 47.0 Å². The summed E-state index contributed by atoms with van der Waals surface area (Å²) in [6, 6.07) is 10.1. The molecule has 0 amide bonds. The lowest BCUT2D eigenvalue weighted by molar-refractivity contribution is 0.414. The van der Waals surface area contributed by atoms with Gasteiger partial charge in [0.15, 0.2) is 0 Å². The predicted molar refractivity (Wildman–Crippen MR) is 81.3 cm³/mol. The lowest BCUT2D eigenvalue weighted by Gasteiger charge is -2.26. The van der Waals surface area contributed by atoms with Crippen molar-refractivity contribution in [3.05, 3.63) is 47.9 Å². The number of ether oxygens (including phenoxy) is 1. The summed E-state index contributed by atoms with van der Waals surface area (Å²) in [5, 5.41) is 3.37. The highest BCUT2D eigenvalue weighted by molar-refractivity contribution is 5.38. The van der Waals surface area contributed by atoms with Crippen LogP contribution < -0.4 is 10.1 Å². The van der Waals surface area contributed by atoms with E-state index in [0.29, 0.717) is 0 Å². The fourth-order valence-electron chi connectivity index (χ4n) is 2.01. The van der Waals surface area contributed by atoms with E-state index in [1.54, 1.807) is 13.4 Å². The molecule has 0 fully saturated rings. The largest absolute Gasteiger partial charge is 0.497 e. The molecule has 106 valence electrons. The molecule has 1 heterocycles. The van der Waals surface area contributed by atoms with Crippen molar-refractivity contribution in [3.8, 4) is 5.75 Å². The zero-order valence-corrected chi connectivity index (χ0v) is 12.5. The van der Waals surface area contributed by atoms with Crippen molar-refractivity contribution in [1.82, 2.24) is 9.97 Å². The Morgan fingerprint density at radius 3 is 2.45 bits per heavy atom. The van der Waals surface area contributed by atoms with E-state index in [2.05, 4.69) is 41.3 Å². The molecule has 1 aromatic heterocycles. The van der Waals surface area contributed by atoms with Crippen LogP contribution in [0.15, 0.2) is 36.7 Å². The van der Waals surface area contributed by atoms with E-state index in [0.717, 1.165) is 23.8 Å². The SMILES string of the molecule is COc1ccc(C(C)(C)CNc2cc(C)ncn2)cc1. The zero-order chi connectivity index (χ0) is 14.6. The fourth-order valence-corrected chi connectivity index (χ4v) is 2.01. The standard InChI is InChI=1S/C16H21N3O/c1-12-9-15(19-11-18-12)17-10-16(2,3)13-5-7-14(20-4)8-6-13/h5-9,11H,10H2,1-4H3,(H,17,18,19). The van der Waals surface area contributed by atoms with Gasteiger partial charge in [0.1, 0.15) is 17.9 Å². The van der Waals surface area contributed by atoms with Gasteiger partial charge in [0, 0.05) is 23.7 Å². The Kier molecular flexibility index (Phi) is 4.23. The zero-order valence-electron chi connectivity index (χ0n) is 12.5. The van der Waals surface area contributed by atoms with Gasteiger partial charge in [-0.1, -0.05) is 26.0 Å². The molecule has 1 aromatic carbocycles. The number of anilines is 1. The molecule has 20 heavy (non-hydrogen) atoms. The number of hydrogen-bond donors (Lipinski definition) is 1. The second kappa shape index (κ2) is 5.90. The van der Waals surface area contributed by atoms with Crippen LogP contribution in [0, 0.1) is 6.92 Å². The number of benzene rings is 1. The molecule has 0 saturated carbocycles. The molecule has 0 aliphatic heterocycles. The van der Waals surface area contributed by atoms with Gasteiger partial charge in [-0.3, -0.25) is 0 Å². The second-order valence-electron chi connectivity index (χ2n) is 5.51. The highest BCUT2D eigenvalue weighted by Gasteiger charge is 2.20. The molecule has 0 aliphatic carbocycles. The minimum Gasteiger partial charge on any atom is -0.497 e. The molecular formula is C16H21N3O. The van der Waals surface area contributed by atoms with Gasteiger partial charge in [0.25, 0.3) is 0 Å². The number of methoxy groups -OCH3 is 1. The van der Waals surface area contributed by atoms with Gasteiger partial charge in [-0.05, 0) is 24.6 Å². The van der Waals surface area contributed by atoms with E-state index in [1.807, 2.05) is 25.1 Å². The second-order valence-corrected chi connectivity index (χ2v) is 5.51. The Morgan fingerprint density at radius 2 is 1.85 bits per heavy atom. The molecule has 1 N–H and O–H groups in total. The summed E-state index contributed by atoms with van der Waals surface area (Å²) in [7, 11) is 1.68. The van der Waals surface area contributed by atoms with Crippen LogP contribution in [0.3, 0.4) is 0 Å². The third kappa shape index (κ3) is 3.47. The molecule has 0 saturated heterocycles. The van der Waals surface area contributed by atoms with E-state index in [-0.39, 0.29) is 5.41 Å². The van der Waals surface area contributed by atoms with Crippen LogP contribution in [0.25, 0.3) is 0 Å². The fraction of sp³-hybridized carbons (Fsp3) is 0.375. The van der Waals surface area contributed by atoms with E-state index in [9.17, 15) is 0 Å². The Balaban J connectivity index is 2.06. The van der Waals surface area contributed by atoms with Crippen LogP contribution >= 0.6 is 0 Å². The molecule has 0 atom stereocenters. The summed E-state index contributed by atoms with van der Waals surface area (Å²) in [5.41, 5.74) is 2.23. The highest BCUT2D eigenvalue weighted by Crippen LogP contribution is 2.25. The van der Waals surface area contributed by atoms with E-state index in [1.165, 1.54) is 5.56 Å². The Hall–Kier alpha value is -2.10. The molecule has 2 aromatic rings. The molecule has 0 aliphatic rings. The van der Waals surface area contributed by atoms with E-state index in [4.69, 9.17) is 4.74 Å². The first kappa shape index (κ1) is 14.3. The van der Waals surface area contributed by atoms with Gasteiger partial charge in [-0.25, -0.2) is 9.97 Å². The maximum Gasteiger partial charge on any atom is 0.129 e. The number of nitrogens with zero attached hydrogens (tertiary/aromatic N) is 2.